The van der Waals surface area contributed by atoms with Crippen molar-refractivity contribution in [2.45, 2.75) is 25.7 Å². The second-order valence-corrected chi connectivity index (χ2v) is 4.38. The van der Waals surface area contributed by atoms with Gasteiger partial charge in [-0.25, -0.2) is 0 Å². The number of carbonyl (C=O) groups excluding carboxylic acids is 2. The third-order valence-electron chi connectivity index (χ3n) is 2.55. The van der Waals surface area contributed by atoms with Crippen LogP contribution in [0.15, 0.2) is 24.3 Å². The summed E-state index contributed by atoms with van der Waals surface area (Å²) in [6, 6.07) is 6.64. The Labute approximate surface area is 122 Å². The number of carbonyl (C=O) groups is 3. The summed E-state index contributed by atoms with van der Waals surface area (Å²) >= 11 is 0. The van der Waals surface area contributed by atoms with Gasteiger partial charge in [0.25, 0.3) is 0 Å². The number of carboxylic acid groups (broad SMARTS) is 1. The Morgan fingerprint density at radius 3 is 2.33 bits per heavy atom. The molecule has 2 amide bonds. The Balaban J connectivity index is 2.34. The van der Waals surface area contributed by atoms with Crippen molar-refractivity contribution in [2.24, 2.45) is 5.73 Å². The molecule has 0 fully saturated rings. The maximum atomic E-state index is 11.5. The first-order valence-electron chi connectivity index (χ1n) is 6.50. The third-order valence-corrected chi connectivity index (χ3v) is 2.55. The molecule has 4 N–H and O–H groups in total. The predicted octanol–water partition coefficient (Wildman–Crippen LogP) is 1.13. The van der Waals surface area contributed by atoms with Crippen LogP contribution < -0.4 is 15.8 Å². The van der Waals surface area contributed by atoms with Crippen LogP contribution in [0.2, 0.25) is 0 Å². The van der Waals surface area contributed by atoms with Crippen molar-refractivity contribution >= 4 is 23.5 Å². The van der Waals surface area contributed by atoms with Crippen LogP contribution in [0.1, 0.15) is 25.7 Å². The highest BCUT2D eigenvalue weighted by atomic mass is 16.5. The minimum absolute atomic E-state index is 0.0277. The summed E-state index contributed by atoms with van der Waals surface area (Å²) < 4.78 is 5.29. The number of anilines is 1. The highest BCUT2D eigenvalue weighted by Crippen LogP contribution is 2.16. The lowest BCUT2D eigenvalue weighted by Crippen LogP contribution is -2.14. The van der Waals surface area contributed by atoms with E-state index in [0.29, 0.717) is 17.9 Å². The first-order chi connectivity index (χ1) is 9.97. The molecule has 0 aliphatic rings. The normalized spacial score (nSPS) is 9.90. The maximum absolute atomic E-state index is 11.5. The summed E-state index contributed by atoms with van der Waals surface area (Å²) in [6.07, 6.45) is 0.570. The Morgan fingerprint density at radius 2 is 1.76 bits per heavy atom. The fourth-order valence-electron chi connectivity index (χ4n) is 1.53. The van der Waals surface area contributed by atoms with Gasteiger partial charge in [-0.3, -0.25) is 14.4 Å². The first-order valence-corrected chi connectivity index (χ1v) is 6.50. The minimum atomic E-state index is -0.916. The number of primary amides is 1. The van der Waals surface area contributed by atoms with Crippen LogP contribution in [0.3, 0.4) is 0 Å². The molecule has 1 aromatic carbocycles. The molecule has 0 saturated carbocycles. The Morgan fingerprint density at radius 1 is 1.10 bits per heavy atom. The first kappa shape index (κ1) is 16.5. The van der Waals surface area contributed by atoms with Crippen molar-refractivity contribution in [3.8, 4) is 5.75 Å². The lowest BCUT2D eigenvalue weighted by Gasteiger charge is -2.07. The van der Waals surface area contributed by atoms with Gasteiger partial charge in [0.05, 0.1) is 13.0 Å². The van der Waals surface area contributed by atoms with Gasteiger partial charge in [0.2, 0.25) is 11.8 Å². The number of rotatable bonds is 9. The van der Waals surface area contributed by atoms with E-state index in [1.807, 2.05) is 0 Å². The standard InChI is InChI=1S/C14H18N2O5/c15-12(17)8-9-21-11-6-4-10(5-7-11)16-13(18)2-1-3-14(19)20/h4-7H,1-3,8-9H2,(H2,15,17)(H,16,18)(H,19,20). The van der Waals surface area contributed by atoms with Gasteiger partial charge >= 0.3 is 5.97 Å². The monoisotopic (exact) mass is 294 g/mol. The second kappa shape index (κ2) is 8.57. The van der Waals surface area contributed by atoms with Gasteiger partial charge in [-0.05, 0) is 30.7 Å². The van der Waals surface area contributed by atoms with Crippen LogP contribution in [-0.4, -0.2) is 29.5 Å². The topological polar surface area (TPSA) is 119 Å². The van der Waals surface area contributed by atoms with Crippen molar-refractivity contribution in [1.82, 2.24) is 0 Å². The molecule has 0 saturated heterocycles. The number of aliphatic carboxylic acids is 1. The van der Waals surface area contributed by atoms with Gasteiger partial charge in [-0.15, -0.1) is 0 Å². The van der Waals surface area contributed by atoms with Crippen molar-refractivity contribution < 1.29 is 24.2 Å². The van der Waals surface area contributed by atoms with Crippen LogP contribution in [0.4, 0.5) is 5.69 Å². The molecule has 114 valence electrons. The van der Waals surface area contributed by atoms with E-state index in [-0.39, 0.29) is 31.8 Å². The van der Waals surface area contributed by atoms with Gasteiger partial charge in [0.15, 0.2) is 0 Å². The number of benzene rings is 1. The van der Waals surface area contributed by atoms with Crippen molar-refractivity contribution in [3.05, 3.63) is 24.3 Å². The van der Waals surface area contributed by atoms with E-state index in [9.17, 15) is 14.4 Å². The summed E-state index contributed by atoms with van der Waals surface area (Å²) in [4.78, 5) is 32.4. The molecule has 0 atom stereocenters. The van der Waals surface area contributed by atoms with E-state index in [2.05, 4.69) is 5.32 Å². The molecule has 0 heterocycles. The summed E-state index contributed by atoms with van der Waals surface area (Å²) in [5.41, 5.74) is 5.59. The molecular weight excluding hydrogens is 276 g/mol. The molecule has 0 aliphatic carbocycles. The molecule has 1 rings (SSSR count). The van der Waals surface area contributed by atoms with E-state index < -0.39 is 11.9 Å². The highest BCUT2D eigenvalue weighted by molar-refractivity contribution is 5.90. The largest absolute Gasteiger partial charge is 0.493 e. The Kier molecular flexibility index (Phi) is 6.73. The van der Waals surface area contributed by atoms with Crippen molar-refractivity contribution in [1.29, 1.82) is 0 Å². The molecule has 0 bridgehead atoms. The average molecular weight is 294 g/mol. The molecule has 21 heavy (non-hydrogen) atoms. The van der Waals surface area contributed by atoms with Crippen molar-refractivity contribution in [2.75, 3.05) is 11.9 Å². The van der Waals surface area contributed by atoms with Gasteiger partial charge in [-0.2, -0.15) is 0 Å². The van der Waals surface area contributed by atoms with Gasteiger partial charge in [0.1, 0.15) is 5.75 Å². The van der Waals surface area contributed by atoms with E-state index in [4.69, 9.17) is 15.6 Å². The zero-order valence-electron chi connectivity index (χ0n) is 11.5. The average Bonchev–Trinajstić information content (AvgIpc) is 2.40. The third kappa shape index (κ3) is 7.56. The molecule has 7 heteroatoms. The zero-order chi connectivity index (χ0) is 15.7. The summed E-state index contributed by atoms with van der Waals surface area (Å²) in [7, 11) is 0. The number of carboxylic acids is 1. The smallest absolute Gasteiger partial charge is 0.303 e. The van der Waals surface area contributed by atoms with Gasteiger partial charge in [0, 0.05) is 18.5 Å². The van der Waals surface area contributed by atoms with E-state index in [1.54, 1.807) is 24.3 Å². The number of ether oxygens (including phenoxy) is 1. The molecule has 1 aromatic rings. The fraction of sp³-hybridized carbons (Fsp3) is 0.357. The molecule has 0 unspecified atom stereocenters. The Bertz CT molecular complexity index is 499. The minimum Gasteiger partial charge on any atom is -0.493 e. The number of nitrogens with one attached hydrogen (secondary N) is 1. The quantitative estimate of drug-likeness (QED) is 0.631. The SMILES string of the molecule is NC(=O)CCOc1ccc(NC(=O)CCCC(=O)O)cc1. The summed E-state index contributed by atoms with van der Waals surface area (Å²) in [5, 5.41) is 11.1. The zero-order valence-corrected chi connectivity index (χ0v) is 11.5. The van der Waals surface area contributed by atoms with E-state index in [0.717, 1.165) is 0 Å². The molecule has 0 radical (unpaired) electrons. The van der Waals surface area contributed by atoms with Crippen molar-refractivity contribution in [3.63, 3.8) is 0 Å². The maximum Gasteiger partial charge on any atom is 0.303 e. The molecule has 0 aromatic heterocycles. The fourth-order valence-corrected chi connectivity index (χ4v) is 1.53. The van der Waals surface area contributed by atoms with Crippen LogP contribution in [0, 0.1) is 0 Å². The summed E-state index contributed by atoms with van der Waals surface area (Å²) in [6.45, 7) is 0.205. The van der Waals surface area contributed by atoms with E-state index in [1.165, 1.54) is 0 Å². The number of amides is 2. The molecule has 0 spiro atoms. The molecule has 7 nitrogen and oxygen atoms in total. The van der Waals surface area contributed by atoms with Gasteiger partial charge < -0.3 is 20.9 Å². The number of hydrogen-bond acceptors (Lipinski definition) is 4. The highest BCUT2D eigenvalue weighted by Gasteiger charge is 2.05. The number of nitrogens with two attached hydrogens (primary N) is 1. The summed E-state index contributed by atoms with van der Waals surface area (Å²) in [5.74, 6) is -1.01. The van der Waals surface area contributed by atoms with Gasteiger partial charge in [-0.1, -0.05) is 0 Å². The lowest BCUT2D eigenvalue weighted by molar-refractivity contribution is -0.137. The predicted molar refractivity (Wildman–Crippen MR) is 75.9 cm³/mol. The van der Waals surface area contributed by atoms with Crippen LogP contribution in [0.5, 0.6) is 5.75 Å². The van der Waals surface area contributed by atoms with Crippen LogP contribution in [0.25, 0.3) is 0 Å². The second-order valence-electron chi connectivity index (χ2n) is 4.38. The van der Waals surface area contributed by atoms with Crippen LogP contribution in [-0.2, 0) is 14.4 Å². The van der Waals surface area contributed by atoms with Crippen LogP contribution >= 0.6 is 0 Å². The van der Waals surface area contributed by atoms with E-state index >= 15 is 0 Å². The molecular formula is C14H18N2O5. The lowest BCUT2D eigenvalue weighted by atomic mass is 10.2. The molecule has 0 aliphatic heterocycles. The number of hydrogen-bond donors (Lipinski definition) is 3. The Hall–Kier alpha value is -2.57.